The molecule has 0 spiro atoms. The number of hydrogen-bond donors (Lipinski definition) is 1. The molecule has 94 valence electrons. The van der Waals surface area contributed by atoms with Gasteiger partial charge >= 0.3 is 0 Å². The van der Waals surface area contributed by atoms with Gasteiger partial charge in [-0.05, 0) is 23.8 Å². The molecular weight excluding hydrogens is 276 g/mol. The van der Waals surface area contributed by atoms with Crippen LogP contribution in [0.2, 0.25) is 5.02 Å². The van der Waals surface area contributed by atoms with Crippen molar-refractivity contribution in [1.29, 1.82) is 0 Å². The Bertz CT molecular complexity index is 575. The number of rotatable bonds is 3. The Kier molecular flexibility index (Phi) is 4.22. The van der Waals surface area contributed by atoms with E-state index in [9.17, 15) is 8.78 Å². The lowest BCUT2D eigenvalue weighted by Crippen LogP contribution is -1.98. The van der Waals surface area contributed by atoms with E-state index in [1.165, 1.54) is 12.1 Å². The summed E-state index contributed by atoms with van der Waals surface area (Å²) in [5.41, 5.74) is 6.44. The first kappa shape index (κ1) is 13.3. The van der Waals surface area contributed by atoms with Crippen molar-refractivity contribution in [3.63, 3.8) is 0 Å². The van der Waals surface area contributed by atoms with Crippen molar-refractivity contribution < 1.29 is 8.78 Å². The van der Waals surface area contributed by atoms with Crippen LogP contribution in [0.25, 0.3) is 0 Å². The number of hydrogen-bond acceptors (Lipinski definition) is 2. The average Bonchev–Trinajstić information content (AvgIpc) is 2.34. The molecule has 2 aromatic carbocycles. The summed E-state index contributed by atoms with van der Waals surface area (Å²) in [5.74, 6) is -1.21. The first-order chi connectivity index (χ1) is 8.61. The van der Waals surface area contributed by atoms with Crippen molar-refractivity contribution >= 4 is 23.4 Å². The summed E-state index contributed by atoms with van der Waals surface area (Å²) in [6.45, 7) is 0.311. The minimum atomic E-state index is -0.608. The van der Waals surface area contributed by atoms with Crippen molar-refractivity contribution in [2.75, 3.05) is 0 Å². The van der Waals surface area contributed by atoms with E-state index in [1.807, 2.05) is 6.07 Å². The second-order valence-corrected chi connectivity index (χ2v) is 5.07. The third-order valence-electron chi connectivity index (χ3n) is 2.37. The quantitative estimate of drug-likeness (QED) is 0.913. The first-order valence-corrected chi connectivity index (χ1v) is 6.41. The first-order valence-electron chi connectivity index (χ1n) is 5.22. The van der Waals surface area contributed by atoms with Gasteiger partial charge in [-0.15, -0.1) is 0 Å². The Morgan fingerprint density at radius 1 is 1.17 bits per heavy atom. The molecule has 0 aliphatic rings. The molecule has 2 aromatic rings. The second kappa shape index (κ2) is 5.69. The predicted octanol–water partition coefficient (Wildman–Crippen LogP) is 4.23. The molecule has 5 heteroatoms. The van der Waals surface area contributed by atoms with Gasteiger partial charge in [-0.2, -0.15) is 0 Å². The molecule has 0 aromatic heterocycles. The molecule has 0 saturated heterocycles. The van der Waals surface area contributed by atoms with Crippen LogP contribution in [0.4, 0.5) is 8.78 Å². The second-order valence-electron chi connectivity index (χ2n) is 3.61. The van der Waals surface area contributed by atoms with Gasteiger partial charge in [0.1, 0.15) is 11.6 Å². The van der Waals surface area contributed by atoms with E-state index < -0.39 is 11.6 Å². The lowest BCUT2D eigenvalue weighted by molar-refractivity contribution is 0.565. The zero-order valence-corrected chi connectivity index (χ0v) is 10.9. The smallest absolute Gasteiger partial charge is 0.140 e. The molecule has 0 bridgehead atoms. The highest BCUT2D eigenvalue weighted by Gasteiger charge is 2.11. The molecule has 0 heterocycles. The zero-order valence-electron chi connectivity index (χ0n) is 9.29. The van der Waals surface area contributed by atoms with E-state index in [0.29, 0.717) is 21.4 Å². The zero-order chi connectivity index (χ0) is 13.1. The molecule has 18 heavy (non-hydrogen) atoms. The molecule has 0 atom stereocenters. The van der Waals surface area contributed by atoms with E-state index in [4.69, 9.17) is 17.3 Å². The van der Waals surface area contributed by atoms with Gasteiger partial charge in [-0.3, -0.25) is 0 Å². The summed E-state index contributed by atoms with van der Waals surface area (Å²) in [5, 5.41) is 0.506. The number of benzene rings is 2. The largest absolute Gasteiger partial charge is 0.326 e. The Labute approximate surface area is 113 Å². The van der Waals surface area contributed by atoms with Crippen molar-refractivity contribution in [3.8, 4) is 0 Å². The highest BCUT2D eigenvalue weighted by atomic mass is 35.5. The Balaban J connectivity index is 2.39. The summed E-state index contributed by atoms with van der Waals surface area (Å²) in [6.07, 6.45) is 0. The molecule has 0 fully saturated rings. The molecule has 0 aliphatic heterocycles. The lowest BCUT2D eigenvalue weighted by Gasteiger charge is -2.10. The van der Waals surface area contributed by atoms with E-state index in [0.717, 1.165) is 23.4 Å². The Hall–Kier alpha value is -1.10. The van der Waals surface area contributed by atoms with E-state index in [-0.39, 0.29) is 0 Å². The fourth-order valence-electron chi connectivity index (χ4n) is 1.50. The highest BCUT2D eigenvalue weighted by molar-refractivity contribution is 7.99. The highest BCUT2D eigenvalue weighted by Crippen LogP contribution is 2.37. The van der Waals surface area contributed by atoms with Crippen LogP contribution in [-0.2, 0) is 6.54 Å². The van der Waals surface area contributed by atoms with Crippen LogP contribution in [0.1, 0.15) is 5.56 Å². The molecule has 0 aliphatic carbocycles. The molecular formula is C13H10ClF2NS. The summed E-state index contributed by atoms with van der Waals surface area (Å²) >= 11 is 7.22. The van der Waals surface area contributed by atoms with Gasteiger partial charge < -0.3 is 5.73 Å². The van der Waals surface area contributed by atoms with Gasteiger partial charge in [0, 0.05) is 22.4 Å². The predicted molar refractivity (Wildman–Crippen MR) is 69.8 cm³/mol. The minimum Gasteiger partial charge on any atom is -0.326 e. The van der Waals surface area contributed by atoms with E-state index in [2.05, 4.69) is 0 Å². The van der Waals surface area contributed by atoms with Crippen LogP contribution < -0.4 is 5.73 Å². The summed E-state index contributed by atoms with van der Waals surface area (Å²) < 4.78 is 26.4. The topological polar surface area (TPSA) is 26.0 Å². The average molecular weight is 286 g/mol. The van der Waals surface area contributed by atoms with Gasteiger partial charge in [-0.25, -0.2) is 8.78 Å². The minimum absolute atomic E-state index is 0.311. The normalized spacial score (nSPS) is 10.7. The van der Waals surface area contributed by atoms with Crippen LogP contribution in [0, 0.1) is 11.6 Å². The van der Waals surface area contributed by atoms with Crippen LogP contribution >= 0.6 is 23.4 Å². The van der Waals surface area contributed by atoms with Crippen molar-refractivity contribution in [1.82, 2.24) is 0 Å². The van der Waals surface area contributed by atoms with Gasteiger partial charge in [0.15, 0.2) is 0 Å². The monoisotopic (exact) mass is 285 g/mol. The molecule has 0 saturated carbocycles. The molecule has 0 amide bonds. The maximum absolute atomic E-state index is 13.6. The molecule has 1 nitrogen and oxygen atoms in total. The fourth-order valence-corrected chi connectivity index (χ4v) is 2.77. The Morgan fingerprint density at radius 2 is 1.94 bits per heavy atom. The summed E-state index contributed by atoms with van der Waals surface area (Å²) in [4.78, 5) is 1.02. The summed E-state index contributed by atoms with van der Waals surface area (Å²) in [6, 6.07) is 8.78. The van der Waals surface area contributed by atoms with Crippen LogP contribution in [-0.4, -0.2) is 0 Å². The Morgan fingerprint density at radius 3 is 2.61 bits per heavy atom. The summed E-state index contributed by atoms with van der Waals surface area (Å²) in [7, 11) is 0. The third-order valence-corrected chi connectivity index (χ3v) is 4.04. The maximum Gasteiger partial charge on any atom is 0.140 e. The number of halogens is 3. The maximum atomic E-state index is 13.6. The lowest BCUT2D eigenvalue weighted by atomic mass is 10.2. The molecule has 2 rings (SSSR count). The standard InChI is InChI=1S/C13H10ClF2NS/c14-10-3-1-2-8(7-17)13(10)18-12-5-4-9(15)6-11(12)16/h1-6H,7,17H2. The molecule has 0 radical (unpaired) electrons. The van der Waals surface area contributed by atoms with Crippen LogP contribution in [0.5, 0.6) is 0 Å². The van der Waals surface area contributed by atoms with Gasteiger partial charge in [0.05, 0.1) is 5.02 Å². The van der Waals surface area contributed by atoms with Gasteiger partial charge in [0.25, 0.3) is 0 Å². The fraction of sp³-hybridized carbons (Fsp3) is 0.0769. The third kappa shape index (κ3) is 2.83. The van der Waals surface area contributed by atoms with Crippen LogP contribution in [0.3, 0.4) is 0 Å². The van der Waals surface area contributed by atoms with Crippen LogP contribution in [0.15, 0.2) is 46.2 Å². The van der Waals surface area contributed by atoms with E-state index >= 15 is 0 Å². The SMILES string of the molecule is NCc1cccc(Cl)c1Sc1ccc(F)cc1F. The van der Waals surface area contributed by atoms with Gasteiger partial charge in [0.2, 0.25) is 0 Å². The van der Waals surface area contributed by atoms with E-state index in [1.54, 1.807) is 12.1 Å². The van der Waals surface area contributed by atoms with Crippen molar-refractivity contribution in [3.05, 3.63) is 58.6 Å². The number of nitrogens with two attached hydrogens (primary N) is 1. The van der Waals surface area contributed by atoms with Gasteiger partial charge in [-0.1, -0.05) is 35.5 Å². The molecule has 0 unspecified atom stereocenters. The van der Waals surface area contributed by atoms with Crippen molar-refractivity contribution in [2.24, 2.45) is 5.73 Å². The molecule has 2 N–H and O–H groups in total. The van der Waals surface area contributed by atoms with Crippen molar-refractivity contribution in [2.45, 2.75) is 16.3 Å².